The second-order valence-corrected chi connectivity index (χ2v) is 7.89. The summed E-state index contributed by atoms with van der Waals surface area (Å²) in [5.74, 6) is -0.637. The molecule has 130 valence electrons. The van der Waals surface area contributed by atoms with Crippen LogP contribution >= 0.6 is 11.3 Å². The van der Waals surface area contributed by atoms with Crippen LogP contribution in [0.25, 0.3) is 10.6 Å². The predicted octanol–water partition coefficient (Wildman–Crippen LogP) is 3.44. The number of aryl methyl sites for hydroxylation is 1. The van der Waals surface area contributed by atoms with Crippen LogP contribution in [0, 0.1) is 18.8 Å². The molecule has 2 aliphatic rings. The van der Waals surface area contributed by atoms with Gasteiger partial charge in [-0.2, -0.15) is 0 Å². The Kier molecular flexibility index (Phi) is 4.07. The first kappa shape index (κ1) is 16.3. The van der Waals surface area contributed by atoms with Gasteiger partial charge in [-0.25, -0.2) is 9.78 Å². The maximum Gasteiger partial charge on any atom is 0.326 e. The molecular weight excluding hydrogens is 336 g/mol. The monoisotopic (exact) mass is 356 g/mol. The van der Waals surface area contributed by atoms with E-state index in [4.69, 9.17) is 0 Å². The molecule has 1 saturated carbocycles. The van der Waals surface area contributed by atoms with E-state index < -0.39 is 12.0 Å². The van der Waals surface area contributed by atoms with Crippen molar-refractivity contribution >= 4 is 23.2 Å². The van der Waals surface area contributed by atoms with E-state index in [1.54, 1.807) is 4.90 Å². The van der Waals surface area contributed by atoms with Crippen molar-refractivity contribution in [1.82, 2.24) is 9.88 Å². The maximum atomic E-state index is 13.1. The van der Waals surface area contributed by atoms with Crippen molar-refractivity contribution in [3.63, 3.8) is 0 Å². The normalized spacial score (nSPS) is 25.2. The number of aromatic nitrogens is 1. The Balaban J connectivity index is 1.65. The summed E-state index contributed by atoms with van der Waals surface area (Å²) in [4.78, 5) is 31.6. The summed E-state index contributed by atoms with van der Waals surface area (Å²) < 4.78 is 0. The highest BCUT2D eigenvalue weighted by Crippen LogP contribution is 2.43. The van der Waals surface area contributed by atoms with Crippen molar-refractivity contribution in [1.29, 1.82) is 0 Å². The van der Waals surface area contributed by atoms with Gasteiger partial charge in [0, 0.05) is 12.1 Å². The third-order valence-corrected chi connectivity index (χ3v) is 6.61. The summed E-state index contributed by atoms with van der Waals surface area (Å²) in [6, 6.07) is 9.06. The number of benzene rings is 1. The van der Waals surface area contributed by atoms with Crippen LogP contribution in [0.15, 0.2) is 30.3 Å². The molecule has 1 N–H and O–H groups in total. The zero-order valence-corrected chi connectivity index (χ0v) is 14.8. The first-order valence-corrected chi connectivity index (χ1v) is 9.44. The highest BCUT2D eigenvalue weighted by Gasteiger charge is 2.50. The van der Waals surface area contributed by atoms with Crippen LogP contribution < -0.4 is 0 Å². The number of carbonyl (C=O) groups is 2. The highest BCUT2D eigenvalue weighted by atomic mass is 32.1. The lowest BCUT2D eigenvalue weighted by Gasteiger charge is -2.24. The Morgan fingerprint density at radius 2 is 2.00 bits per heavy atom. The number of hydrogen-bond donors (Lipinski definition) is 1. The molecular formula is C19H20N2O3S. The van der Waals surface area contributed by atoms with Gasteiger partial charge in [-0.05, 0) is 31.6 Å². The molecule has 2 heterocycles. The number of carboxylic acid groups (broad SMARTS) is 1. The third kappa shape index (κ3) is 2.74. The number of amides is 1. The molecule has 1 aromatic heterocycles. The summed E-state index contributed by atoms with van der Waals surface area (Å²) >= 11 is 1.35. The Hall–Kier alpha value is -2.21. The minimum Gasteiger partial charge on any atom is -0.480 e. The standard InChI is InChI=1S/C19H20N2O3S/c1-11-16(25-17(20-11)12-6-3-2-4-7-12)18(22)21-10-13-8-5-9-14(13)15(21)19(23)24/h2-4,6-7,13-15H,5,8-10H2,1H3,(H,23,24). The van der Waals surface area contributed by atoms with Crippen molar-refractivity contribution in [2.24, 2.45) is 11.8 Å². The van der Waals surface area contributed by atoms with Crippen LogP contribution in [0.3, 0.4) is 0 Å². The number of hydrogen-bond acceptors (Lipinski definition) is 4. The van der Waals surface area contributed by atoms with Gasteiger partial charge in [0.1, 0.15) is 15.9 Å². The molecule has 1 amide bonds. The summed E-state index contributed by atoms with van der Waals surface area (Å²) in [7, 11) is 0. The largest absolute Gasteiger partial charge is 0.480 e. The number of rotatable bonds is 3. The number of carboxylic acids is 1. The van der Waals surface area contributed by atoms with Gasteiger partial charge in [-0.15, -0.1) is 11.3 Å². The SMILES string of the molecule is Cc1nc(-c2ccccc2)sc1C(=O)N1CC2CCCC2C1C(=O)O. The number of thiazole rings is 1. The molecule has 0 radical (unpaired) electrons. The Morgan fingerprint density at radius 3 is 2.72 bits per heavy atom. The van der Waals surface area contributed by atoms with Crippen LogP contribution in [0.1, 0.15) is 34.6 Å². The second-order valence-electron chi connectivity index (χ2n) is 6.90. The van der Waals surface area contributed by atoms with E-state index in [1.807, 2.05) is 37.3 Å². The van der Waals surface area contributed by atoms with E-state index >= 15 is 0 Å². The van der Waals surface area contributed by atoms with Gasteiger partial charge in [0.25, 0.3) is 5.91 Å². The molecule has 5 nitrogen and oxygen atoms in total. The maximum absolute atomic E-state index is 13.1. The fourth-order valence-corrected chi connectivity index (χ4v) is 5.29. The van der Waals surface area contributed by atoms with Crippen LogP contribution in [0.2, 0.25) is 0 Å². The molecule has 3 atom stereocenters. The first-order chi connectivity index (χ1) is 12.1. The van der Waals surface area contributed by atoms with Crippen molar-refractivity contribution in [2.45, 2.75) is 32.2 Å². The molecule has 6 heteroatoms. The van der Waals surface area contributed by atoms with Gasteiger partial charge in [-0.3, -0.25) is 4.79 Å². The lowest BCUT2D eigenvalue weighted by molar-refractivity contribution is -0.142. The first-order valence-electron chi connectivity index (χ1n) is 8.63. The number of nitrogens with zero attached hydrogens (tertiary/aromatic N) is 2. The van der Waals surface area contributed by atoms with Gasteiger partial charge in [0.15, 0.2) is 0 Å². The second kappa shape index (κ2) is 6.26. The van der Waals surface area contributed by atoms with Crippen LogP contribution in [-0.2, 0) is 4.79 Å². The van der Waals surface area contributed by atoms with Crippen LogP contribution in [-0.4, -0.2) is 39.5 Å². The van der Waals surface area contributed by atoms with Gasteiger partial charge in [0.2, 0.25) is 0 Å². The third-order valence-electron chi connectivity index (χ3n) is 5.42. The Morgan fingerprint density at radius 1 is 1.24 bits per heavy atom. The summed E-state index contributed by atoms with van der Waals surface area (Å²) in [6.45, 7) is 2.38. The van der Waals surface area contributed by atoms with E-state index in [0.29, 0.717) is 23.0 Å². The van der Waals surface area contributed by atoms with Crippen molar-refractivity contribution < 1.29 is 14.7 Å². The lowest BCUT2D eigenvalue weighted by Crippen LogP contribution is -2.43. The topological polar surface area (TPSA) is 70.5 Å². The minimum atomic E-state index is -0.881. The average Bonchev–Trinajstić information content (AvgIpc) is 3.28. The Labute approximate surface area is 150 Å². The van der Waals surface area contributed by atoms with E-state index in [1.165, 1.54) is 11.3 Å². The van der Waals surface area contributed by atoms with E-state index in [-0.39, 0.29) is 11.8 Å². The van der Waals surface area contributed by atoms with Gasteiger partial charge < -0.3 is 10.0 Å². The Bertz CT molecular complexity index is 817. The molecule has 2 aromatic rings. The number of fused-ring (bicyclic) bond motifs is 1. The van der Waals surface area contributed by atoms with E-state index in [0.717, 1.165) is 29.8 Å². The molecule has 1 aromatic carbocycles. The smallest absolute Gasteiger partial charge is 0.326 e. The van der Waals surface area contributed by atoms with Crippen molar-refractivity contribution in [3.8, 4) is 10.6 Å². The molecule has 25 heavy (non-hydrogen) atoms. The predicted molar refractivity (Wildman–Crippen MR) is 95.6 cm³/mol. The van der Waals surface area contributed by atoms with Crippen LogP contribution in [0.5, 0.6) is 0 Å². The zero-order chi connectivity index (χ0) is 17.6. The zero-order valence-electron chi connectivity index (χ0n) is 14.0. The minimum absolute atomic E-state index is 0.100. The van der Waals surface area contributed by atoms with E-state index in [9.17, 15) is 14.7 Å². The molecule has 2 fully saturated rings. The summed E-state index contributed by atoms with van der Waals surface area (Å²) in [5, 5.41) is 10.5. The highest BCUT2D eigenvalue weighted by molar-refractivity contribution is 7.17. The fraction of sp³-hybridized carbons (Fsp3) is 0.421. The summed E-state index contributed by atoms with van der Waals surface area (Å²) in [5.41, 5.74) is 1.65. The molecule has 0 spiro atoms. The number of likely N-dealkylation sites (tertiary alicyclic amines) is 1. The van der Waals surface area contributed by atoms with Gasteiger partial charge >= 0.3 is 5.97 Å². The molecule has 1 aliphatic carbocycles. The quantitative estimate of drug-likeness (QED) is 0.914. The fourth-order valence-electron chi connectivity index (χ4n) is 4.26. The van der Waals surface area contributed by atoms with Gasteiger partial charge in [0.05, 0.1) is 5.69 Å². The molecule has 1 saturated heterocycles. The van der Waals surface area contributed by atoms with Crippen LogP contribution in [0.4, 0.5) is 0 Å². The van der Waals surface area contributed by atoms with Crippen molar-refractivity contribution in [2.75, 3.05) is 6.54 Å². The molecule has 4 rings (SSSR count). The van der Waals surface area contributed by atoms with Gasteiger partial charge in [-0.1, -0.05) is 36.8 Å². The summed E-state index contributed by atoms with van der Waals surface area (Å²) in [6.07, 6.45) is 3.00. The van der Waals surface area contributed by atoms with Crippen molar-refractivity contribution in [3.05, 3.63) is 40.9 Å². The molecule has 3 unspecified atom stereocenters. The molecule has 1 aliphatic heterocycles. The average molecular weight is 356 g/mol. The number of carbonyl (C=O) groups excluding carboxylic acids is 1. The van der Waals surface area contributed by atoms with E-state index in [2.05, 4.69) is 4.98 Å². The lowest BCUT2D eigenvalue weighted by atomic mass is 9.94. The molecule has 0 bridgehead atoms. The number of aliphatic carboxylic acids is 1.